The number of H-pyrrole nitrogens is 1. The molecule has 0 unspecified atom stereocenters. The Morgan fingerprint density at radius 1 is 1.10 bits per heavy atom. The summed E-state index contributed by atoms with van der Waals surface area (Å²) in [6, 6.07) is 12.9. The zero-order valence-corrected chi connectivity index (χ0v) is 15.7. The van der Waals surface area contributed by atoms with Crippen LogP contribution in [0.25, 0.3) is 16.9 Å². The molecule has 0 aliphatic rings. The van der Waals surface area contributed by atoms with Crippen molar-refractivity contribution in [2.24, 2.45) is 0 Å². The Morgan fingerprint density at radius 2 is 1.87 bits per heavy atom. The molecule has 0 aliphatic carbocycles. The second kappa shape index (κ2) is 7.90. The fourth-order valence-electron chi connectivity index (χ4n) is 2.90. The molecule has 3 heterocycles. The molecule has 0 saturated heterocycles. The zero-order valence-electron chi connectivity index (χ0n) is 15.7. The minimum atomic E-state index is -4.68. The molecule has 10 heteroatoms. The third-order valence-corrected chi connectivity index (χ3v) is 4.39. The van der Waals surface area contributed by atoms with Gasteiger partial charge in [-0.25, -0.2) is 4.68 Å². The monoisotopic (exact) mass is 425 g/mol. The average Bonchev–Trinajstić information content (AvgIpc) is 3.21. The molecular weight excluding hydrogens is 411 g/mol. The maximum absolute atomic E-state index is 13.0. The highest BCUT2D eigenvalue weighted by molar-refractivity contribution is 6.08. The molecule has 0 fully saturated rings. The van der Waals surface area contributed by atoms with Crippen LogP contribution in [0, 0.1) is 0 Å². The number of rotatable bonds is 4. The summed E-state index contributed by atoms with van der Waals surface area (Å²) in [4.78, 5) is 30.9. The molecule has 4 aromatic rings. The SMILES string of the molecule is O=C(Nc1cc(C(F)(F)F)c[nH]c1=O)c1cn(-c2ccccc2)nc1-c1cccnc1. The molecule has 4 rings (SSSR count). The standard InChI is InChI=1S/C21H14F3N5O2/c22-21(23,24)14-9-17(20(31)26-11-14)27-19(30)16-12-29(15-6-2-1-3-7-15)28-18(16)13-5-4-8-25-10-13/h1-12H,(H,26,31)(H,27,30). The third kappa shape index (κ3) is 4.22. The van der Waals surface area contributed by atoms with Crippen molar-refractivity contribution in [1.29, 1.82) is 0 Å². The normalized spacial score (nSPS) is 11.3. The molecule has 0 saturated carbocycles. The van der Waals surface area contributed by atoms with Gasteiger partial charge in [-0.2, -0.15) is 18.3 Å². The van der Waals surface area contributed by atoms with Crippen LogP contribution < -0.4 is 10.9 Å². The molecule has 1 aromatic carbocycles. The van der Waals surface area contributed by atoms with Crippen LogP contribution >= 0.6 is 0 Å². The zero-order chi connectivity index (χ0) is 22.0. The number of carbonyl (C=O) groups excluding carboxylic acids is 1. The summed E-state index contributed by atoms with van der Waals surface area (Å²) >= 11 is 0. The van der Waals surface area contributed by atoms with Gasteiger partial charge in [-0.3, -0.25) is 14.6 Å². The number of alkyl halides is 3. The van der Waals surface area contributed by atoms with Gasteiger partial charge in [-0.15, -0.1) is 0 Å². The molecule has 31 heavy (non-hydrogen) atoms. The van der Waals surface area contributed by atoms with Crippen molar-refractivity contribution >= 4 is 11.6 Å². The van der Waals surface area contributed by atoms with E-state index >= 15 is 0 Å². The second-order valence-corrected chi connectivity index (χ2v) is 6.50. The average molecular weight is 425 g/mol. The quantitative estimate of drug-likeness (QED) is 0.519. The minimum Gasteiger partial charge on any atom is -0.327 e. The van der Waals surface area contributed by atoms with Crippen molar-refractivity contribution < 1.29 is 18.0 Å². The van der Waals surface area contributed by atoms with E-state index in [4.69, 9.17) is 0 Å². The molecular formula is C21H14F3N5O2. The molecule has 0 spiro atoms. The summed E-state index contributed by atoms with van der Waals surface area (Å²) in [5, 5.41) is 6.70. The van der Waals surface area contributed by atoms with E-state index < -0.39 is 28.9 Å². The van der Waals surface area contributed by atoms with E-state index in [1.54, 1.807) is 42.6 Å². The Morgan fingerprint density at radius 3 is 2.55 bits per heavy atom. The van der Waals surface area contributed by atoms with Gasteiger partial charge >= 0.3 is 6.18 Å². The van der Waals surface area contributed by atoms with Crippen molar-refractivity contribution in [2.45, 2.75) is 6.18 Å². The van der Waals surface area contributed by atoms with Crippen LogP contribution in [0.5, 0.6) is 0 Å². The van der Waals surface area contributed by atoms with Gasteiger partial charge in [-0.1, -0.05) is 18.2 Å². The predicted octanol–water partition coefficient (Wildman–Crippen LogP) is 3.89. The molecule has 2 N–H and O–H groups in total. The Labute approximate surface area is 173 Å². The first-order chi connectivity index (χ1) is 14.8. The van der Waals surface area contributed by atoms with Crippen LogP contribution in [0.2, 0.25) is 0 Å². The number of pyridine rings is 2. The Balaban J connectivity index is 1.76. The first-order valence-corrected chi connectivity index (χ1v) is 9.00. The van der Waals surface area contributed by atoms with Crippen molar-refractivity contribution in [2.75, 3.05) is 5.32 Å². The molecule has 0 bridgehead atoms. The fourth-order valence-corrected chi connectivity index (χ4v) is 2.90. The highest BCUT2D eigenvalue weighted by Crippen LogP contribution is 2.29. The van der Waals surface area contributed by atoms with Gasteiger partial charge in [0.15, 0.2) is 0 Å². The smallest absolute Gasteiger partial charge is 0.327 e. The number of amides is 1. The van der Waals surface area contributed by atoms with E-state index in [0.717, 1.165) is 0 Å². The summed E-state index contributed by atoms with van der Waals surface area (Å²) in [6.07, 6.45) is 0.370. The van der Waals surface area contributed by atoms with Crippen molar-refractivity contribution in [3.8, 4) is 16.9 Å². The summed E-state index contributed by atoms with van der Waals surface area (Å²) in [7, 11) is 0. The third-order valence-electron chi connectivity index (χ3n) is 4.39. The molecule has 0 radical (unpaired) electrons. The number of nitrogens with one attached hydrogen (secondary N) is 2. The lowest BCUT2D eigenvalue weighted by Crippen LogP contribution is -2.21. The minimum absolute atomic E-state index is 0.0636. The summed E-state index contributed by atoms with van der Waals surface area (Å²) in [6.45, 7) is 0. The number of carbonyl (C=O) groups is 1. The number of anilines is 1. The first-order valence-electron chi connectivity index (χ1n) is 9.00. The Hall–Kier alpha value is -4.21. The second-order valence-electron chi connectivity index (χ2n) is 6.50. The first kappa shape index (κ1) is 20.1. The Kier molecular flexibility index (Phi) is 5.12. The van der Waals surface area contributed by atoms with E-state index in [1.807, 2.05) is 11.1 Å². The van der Waals surface area contributed by atoms with Crippen molar-refractivity contribution in [3.63, 3.8) is 0 Å². The maximum atomic E-state index is 13.0. The molecule has 3 aromatic heterocycles. The number of halogens is 3. The van der Waals surface area contributed by atoms with Crippen LogP contribution in [0.4, 0.5) is 18.9 Å². The van der Waals surface area contributed by atoms with E-state index in [2.05, 4.69) is 15.4 Å². The number of aromatic amines is 1. The fraction of sp³-hybridized carbons (Fsp3) is 0.0476. The van der Waals surface area contributed by atoms with Crippen LogP contribution in [0.3, 0.4) is 0 Å². The van der Waals surface area contributed by atoms with Crippen LogP contribution in [-0.2, 0) is 6.18 Å². The van der Waals surface area contributed by atoms with Gasteiger partial charge in [0.2, 0.25) is 0 Å². The lowest BCUT2D eigenvalue weighted by atomic mass is 10.1. The topological polar surface area (TPSA) is 92.7 Å². The van der Waals surface area contributed by atoms with E-state index in [1.165, 1.54) is 17.1 Å². The van der Waals surface area contributed by atoms with Crippen LogP contribution in [0.15, 0.2) is 78.1 Å². The molecule has 1 amide bonds. The maximum Gasteiger partial charge on any atom is 0.417 e. The number of hydrogen-bond acceptors (Lipinski definition) is 4. The van der Waals surface area contributed by atoms with Gasteiger partial charge in [-0.05, 0) is 30.3 Å². The van der Waals surface area contributed by atoms with Crippen molar-refractivity contribution in [3.05, 3.63) is 94.8 Å². The van der Waals surface area contributed by atoms with Crippen molar-refractivity contribution in [1.82, 2.24) is 19.7 Å². The van der Waals surface area contributed by atoms with Gasteiger partial charge in [0.25, 0.3) is 11.5 Å². The van der Waals surface area contributed by atoms with Gasteiger partial charge in [0.05, 0.1) is 16.8 Å². The van der Waals surface area contributed by atoms with Gasteiger partial charge in [0, 0.05) is 30.4 Å². The van der Waals surface area contributed by atoms with Gasteiger partial charge < -0.3 is 10.3 Å². The molecule has 0 aliphatic heterocycles. The summed E-state index contributed by atoms with van der Waals surface area (Å²) < 4.78 is 40.4. The van der Waals surface area contributed by atoms with E-state index in [9.17, 15) is 22.8 Å². The number of nitrogens with zero attached hydrogens (tertiary/aromatic N) is 3. The lowest BCUT2D eigenvalue weighted by Gasteiger charge is -2.09. The highest BCUT2D eigenvalue weighted by Gasteiger charge is 2.31. The Bertz CT molecular complexity index is 1280. The largest absolute Gasteiger partial charge is 0.417 e. The molecule has 7 nitrogen and oxygen atoms in total. The van der Waals surface area contributed by atoms with Gasteiger partial charge in [0.1, 0.15) is 11.4 Å². The highest BCUT2D eigenvalue weighted by atomic mass is 19.4. The lowest BCUT2D eigenvalue weighted by molar-refractivity contribution is -0.137. The van der Waals surface area contributed by atoms with E-state index in [-0.39, 0.29) is 11.3 Å². The summed E-state index contributed by atoms with van der Waals surface area (Å²) in [5.74, 6) is -0.786. The number of para-hydroxylation sites is 1. The van der Waals surface area contributed by atoms with Crippen LogP contribution in [-0.4, -0.2) is 25.7 Å². The summed E-state index contributed by atoms with van der Waals surface area (Å²) in [5.41, 5.74) is -0.950. The number of benzene rings is 1. The number of hydrogen-bond donors (Lipinski definition) is 2. The molecule has 156 valence electrons. The van der Waals surface area contributed by atoms with E-state index in [0.29, 0.717) is 23.5 Å². The molecule has 0 atom stereocenters. The predicted molar refractivity (Wildman–Crippen MR) is 107 cm³/mol. The number of aromatic nitrogens is 4. The van der Waals surface area contributed by atoms with Crippen LogP contribution in [0.1, 0.15) is 15.9 Å².